The largest absolute Gasteiger partial charge is 0.477 e. The number of ether oxygens (including phenoxy) is 2. The van der Waals surface area contributed by atoms with Crippen molar-refractivity contribution in [2.75, 3.05) is 6.73 Å². The number of Topliss-reactive ketones (excluding diaryl/α,β-unsaturated/α-hetero) is 1. The standard InChI is InChI=1S/C24H21NO4/c1-15-6-3-4-7-17(15)11-21-22(26)20-10-18-12-25(13-19-8-5-9-27-19)14-28-23(18)16(2)24(20)29-21/h3-11H,12-14H2,1-2H3/b21-11-. The van der Waals surface area contributed by atoms with Crippen molar-refractivity contribution in [2.45, 2.75) is 26.9 Å². The Kier molecular flexibility index (Phi) is 4.25. The molecule has 146 valence electrons. The summed E-state index contributed by atoms with van der Waals surface area (Å²) in [4.78, 5) is 15.2. The lowest BCUT2D eigenvalue weighted by Crippen LogP contribution is -2.31. The normalized spacial score (nSPS) is 17.0. The van der Waals surface area contributed by atoms with Crippen LogP contribution in [-0.2, 0) is 13.1 Å². The van der Waals surface area contributed by atoms with E-state index in [0.717, 1.165) is 33.8 Å². The summed E-state index contributed by atoms with van der Waals surface area (Å²) in [5.41, 5.74) is 4.54. The second-order valence-electron chi connectivity index (χ2n) is 7.50. The van der Waals surface area contributed by atoms with Gasteiger partial charge in [-0.25, -0.2) is 0 Å². The maximum Gasteiger partial charge on any atom is 0.231 e. The van der Waals surface area contributed by atoms with E-state index in [0.29, 0.717) is 36.9 Å². The molecule has 5 rings (SSSR count). The number of carbonyl (C=O) groups is 1. The molecule has 5 heteroatoms. The predicted octanol–water partition coefficient (Wildman–Crippen LogP) is 4.86. The van der Waals surface area contributed by atoms with E-state index in [9.17, 15) is 4.79 Å². The predicted molar refractivity (Wildman–Crippen MR) is 109 cm³/mol. The Morgan fingerprint density at radius 2 is 1.97 bits per heavy atom. The summed E-state index contributed by atoms with van der Waals surface area (Å²) >= 11 is 0. The van der Waals surface area contributed by atoms with Gasteiger partial charge < -0.3 is 13.9 Å². The van der Waals surface area contributed by atoms with Gasteiger partial charge >= 0.3 is 0 Å². The highest BCUT2D eigenvalue weighted by Crippen LogP contribution is 2.43. The van der Waals surface area contributed by atoms with Gasteiger partial charge in [0.05, 0.1) is 18.4 Å². The van der Waals surface area contributed by atoms with Crippen molar-refractivity contribution in [3.8, 4) is 11.5 Å². The minimum Gasteiger partial charge on any atom is -0.477 e. The number of allylic oxidation sites excluding steroid dienone is 1. The first kappa shape index (κ1) is 17.8. The molecule has 0 saturated carbocycles. The maximum absolute atomic E-state index is 13.0. The molecule has 1 aromatic heterocycles. The summed E-state index contributed by atoms with van der Waals surface area (Å²) in [7, 11) is 0. The summed E-state index contributed by atoms with van der Waals surface area (Å²) in [5, 5.41) is 0. The van der Waals surface area contributed by atoms with E-state index in [4.69, 9.17) is 13.9 Å². The lowest BCUT2D eigenvalue weighted by Gasteiger charge is -2.29. The van der Waals surface area contributed by atoms with Gasteiger partial charge in [-0.15, -0.1) is 0 Å². The van der Waals surface area contributed by atoms with Gasteiger partial charge in [-0.1, -0.05) is 24.3 Å². The number of hydrogen-bond acceptors (Lipinski definition) is 5. The van der Waals surface area contributed by atoms with Crippen LogP contribution in [0.25, 0.3) is 6.08 Å². The maximum atomic E-state index is 13.0. The van der Waals surface area contributed by atoms with Crippen molar-refractivity contribution in [3.05, 3.63) is 88.1 Å². The minimum atomic E-state index is -0.0858. The average Bonchev–Trinajstić information content (AvgIpc) is 3.33. The van der Waals surface area contributed by atoms with E-state index < -0.39 is 0 Å². The number of aryl methyl sites for hydroxylation is 1. The Hall–Kier alpha value is -3.31. The van der Waals surface area contributed by atoms with Crippen LogP contribution in [0.15, 0.2) is 58.9 Å². The number of rotatable bonds is 3. The molecule has 0 spiro atoms. The number of nitrogens with zero attached hydrogens (tertiary/aromatic N) is 1. The zero-order valence-electron chi connectivity index (χ0n) is 16.4. The Morgan fingerprint density at radius 3 is 2.76 bits per heavy atom. The molecule has 0 aliphatic carbocycles. The van der Waals surface area contributed by atoms with Crippen molar-refractivity contribution >= 4 is 11.9 Å². The second-order valence-corrected chi connectivity index (χ2v) is 7.50. The molecule has 0 radical (unpaired) electrons. The Morgan fingerprint density at radius 1 is 1.10 bits per heavy atom. The first-order valence-corrected chi connectivity index (χ1v) is 9.64. The molecule has 5 nitrogen and oxygen atoms in total. The molecule has 0 bridgehead atoms. The Labute approximate surface area is 169 Å². The van der Waals surface area contributed by atoms with Crippen molar-refractivity contribution in [1.82, 2.24) is 4.90 Å². The highest BCUT2D eigenvalue weighted by molar-refractivity contribution is 6.15. The molecule has 2 aliphatic rings. The van der Waals surface area contributed by atoms with Crippen molar-refractivity contribution < 1.29 is 18.7 Å². The van der Waals surface area contributed by atoms with Crippen molar-refractivity contribution in [1.29, 1.82) is 0 Å². The lowest BCUT2D eigenvalue weighted by atomic mass is 9.99. The molecule has 2 aromatic carbocycles. The summed E-state index contributed by atoms with van der Waals surface area (Å²) in [6.07, 6.45) is 3.49. The topological polar surface area (TPSA) is 51.9 Å². The molecule has 2 aliphatic heterocycles. The van der Waals surface area contributed by atoms with Crippen LogP contribution >= 0.6 is 0 Å². The number of fused-ring (bicyclic) bond motifs is 2. The highest BCUT2D eigenvalue weighted by Gasteiger charge is 2.33. The number of ketones is 1. The number of hydrogen-bond donors (Lipinski definition) is 0. The first-order valence-electron chi connectivity index (χ1n) is 9.64. The molecular formula is C24H21NO4. The zero-order valence-corrected chi connectivity index (χ0v) is 16.4. The van der Waals surface area contributed by atoms with Crippen LogP contribution in [0.5, 0.6) is 11.5 Å². The molecule has 0 saturated heterocycles. The average molecular weight is 387 g/mol. The third-order valence-corrected chi connectivity index (χ3v) is 5.44. The molecule has 3 aromatic rings. The van der Waals surface area contributed by atoms with Crippen LogP contribution in [0.1, 0.15) is 38.4 Å². The summed E-state index contributed by atoms with van der Waals surface area (Å²) < 4.78 is 17.5. The fourth-order valence-electron chi connectivity index (χ4n) is 3.91. The van der Waals surface area contributed by atoms with Gasteiger partial charge in [0.1, 0.15) is 24.0 Å². The number of furan rings is 1. The van der Waals surface area contributed by atoms with Crippen LogP contribution in [0.2, 0.25) is 0 Å². The van der Waals surface area contributed by atoms with Gasteiger partial charge in [0.25, 0.3) is 0 Å². The summed E-state index contributed by atoms with van der Waals surface area (Å²) in [5.74, 6) is 2.57. The van der Waals surface area contributed by atoms with E-state index in [1.807, 2.05) is 62.4 Å². The van der Waals surface area contributed by atoms with Crippen LogP contribution in [0.4, 0.5) is 0 Å². The highest BCUT2D eigenvalue weighted by atomic mass is 16.5. The molecule has 0 fully saturated rings. The van der Waals surface area contributed by atoms with E-state index in [2.05, 4.69) is 4.90 Å². The van der Waals surface area contributed by atoms with Gasteiger partial charge in [-0.05, 0) is 49.2 Å². The fourth-order valence-corrected chi connectivity index (χ4v) is 3.91. The van der Waals surface area contributed by atoms with E-state index in [1.165, 1.54) is 0 Å². The summed E-state index contributed by atoms with van der Waals surface area (Å²) in [6.45, 7) is 5.78. The molecular weight excluding hydrogens is 366 g/mol. The van der Waals surface area contributed by atoms with Gasteiger partial charge in [0, 0.05) is 17.7 Å². The second kappa shape index (κ2) is 6.94. The smallest absolute Gasteiger partial charge is 0.231 e. The van der Waals surface area contributed by atoms with E-state index in [-0.39, 0.29) is 5.78 Å². The van der Waals surface area contributed by atoms with Crippen LogP contribution in [0.3, 0.4) is 0 Å². The quantitative estimate of drug-likeness (QED) is 0.601. The number of benzene rings is 2. The molecule has 29 heavy (non-hydrogen) atoms. The van der Waals surface area contributed by atoms with Crippen LogP contribution < -0.4 is 9.47 Å². The Balaban J connectivity index is 1.46. The third kappa shape index (κ3) is 3.13. The molecule has 0 atom stereocenters. The van der Waals surface area contributed by atoms with Gasteiger partial charge in [0.15, 0.2) is 5.76 Å². The van der Waals surface area contributed by atoms with Gasteiger partial charge in [-0.2, -0.15) is 0 Å². The van der Waals surface area contributed by atoms with E-state index in [1.54, 1.807) is 6.26 Å². The van der Waals surface area contributed by atoms with Crippen molar-refractivity contribution in [3.63, 3.8) is 0 Å². The molecule has 3 heterocycles. The molecule has 0 unspecified atom stereocenters. The SMILES string of the molecule is Cc1ccccc1/C=C1\Oc2c(cc3c(c2C)OCN(Cc2ccco2)C3)C1=O. The minimum absolute atomic E-state index is 0.0858. The van der Waals surface area contributed by atoms with Crippen LogP contribution in [0, 0.1) is 13.8 Å². The van der Waals surface area contributed by atoms with Gasteiger partial charge in [0.2, 0.25) is 5.78 Å². The molecule has 0 amide bonds. The van der Waals surface area contributed by atoms with Crippen molar-refractivity contribution in [2.24, 2.45) is 0 Å². The third-order valence-electron chi connectivity index (χ3n) is 5.44. The lowest BCUT2D eigenvalue weighted by molar-refractivity contribution is 0.0813. The van der Waals surface area contributed by atoms with Gasteiger partial charge in [-0.3, -0.25) is 9.69 Å². The monoisotopic (exact) mass is 387 g/mol. The van der Waals surface area contributed by atoms with E-state index >= 15 is 0 Å². The fraction of sp³-hybridized carbons (Fsp3) is 0.208. The first-order chi connectivity index (χ1) is 14.1. The summed E-state index contributed by atoms with van der Waals surface area (Å²) in [6, 6.07) is 13.7. The Bertz CT molecular complexity index is 1130. The molecule has 0 N–H and O–H groups in total. The number of carbonyl (C=O) groups excluding carboxylic acids is 1. The van der Waals surface area contributed by atoms with Crippen LogP contribution in [-0.4, -0.2) is 17.4 Å². The zero-order chi connectivity index (χ0) is 20.0.